The SMILES string of the molecule is CCNC(C)CSc1nc(C)ns1. The molecule has 0 amide bonds. The van der Waals surface area contributed by atoms with Crippen LogP contribution in [0.4, 0.5) is 0 Å². The van der Waals surface area contributed by atoms with Crippen molar-refractivity contribution in [2.45, 2.75) is 31.2 Å². The fourth-order valence-electron chi connectivity index (χ4n) is 0.940. The highest BCUT2D eigenvalue weighted by Gasteiger charge is 2.04. The maximum Gasteiger partial charge on any atom is 0.170 e. The van der Waals surface area contributed by atoms with E-state index in [0.717, 1.165) is 22.5 Å². The Bertz CT molecular complexity index is 249. The van der Waals surface area contributed by atoms with Crippen LogP contribution in [0.3, 0.4) is 0 Å². The third-order valence-corrected chi connectivity index (χ3v) is 3.70. The minimum absolute atomic E-state index is 0.541. The van der Waals surface area contributed by atoms with Crippen LogP contribution < -0.4 is 5.32 Å². The van der Waals surface area contributed by atoms with Crippen LogP contribution in [0.2, 0.25) is 0 Å². The largest absolute Gasteiger partial charge is 0.314 e. The van der Waals surface area contributed by atoms with Crippen LogP contribution in [0.5, 0.6) is 0 Å². The predicted octanol–water partition coefficient (Wildman–Crippen LogP) is 1.94. The highest BCUT2D eigenvalue weighted by atomic mass is 32.2. The molecule has 1 heterocycles. The lowest BCUT2D eigenvalue weighted by Gasteiger charge is -2.09. The van der Waals surface area contributed by atoms with Gasteiger partial charge < -0.3 is 5.32 Å². The molecule has 1 N–H and O–H groups in total. The van der Waals surface area contributed by atoms with E-state index >= 15 is 0 Å². The molecule has 0 aromatic carbocycles. The number of hydrogen-bond acceptors (Lipinski definition) is 5. The lowest BCUT2D eigenvalue weighted by molar-refractivity contribution is 0.620. The van der Waals surface area contributed by atoms with Gasteiger partial charge in [-0.1, -0.05) is 18.7 Å². The molecular weight excluding hydrogens is 202 g/mol. The summed E-state index contributed by atoms with van der Waals surface area (Å²) in [5.41, 5.74) is 0. The normalized spacial score (nSPS) is 13.2. The van der Waals surface area contributed by atoms with E-state index in [1.807, 2.05) is 6.92 Å². The second kappa shape index (κ2) is 5.57. The van der Waals surface area contributed by atoms with Crippen molar-refractivity contribution in [2.75, 3.05) is 12.3 Å². The molecule has 0 bridgehead atoms. The smallest absolute Gasteiger partial charge is 0.170 e. The van der Waals surface area contributed by atoms with Crippen molar-refractivity contribution in [1.82, 2.24) is 14.7 Å². The first kappa shape index (κ1) is 10.9. The molecule has 0 aliphatic heterocycles. The van der Waals surface area contributed by atoms with Gasteiger partial charge in [0.15, 0.2) is 4.34 Å². The molecule has 1 rings (SSSR count). The van der Waals surface area contributed by atoms with Gasteiger partial charge in [0, 0.05) is 11.8 Å². The molecule has 1 atom stereocenters. The van der Waals surface area contributed by atoms with Gasteiger partial charge in [-0.15, -0.1) is 0 Å². The zero-order valence-corrected chi connectivity index (χ0v) is 9.84. The molecule has 0 saturated carbocycles. The average Bonchev–Trinajstić information content (AvgIpc) is 2.49. The fraction of sp³-hybridized carbons (Fsp3) is 0.750. The minimum atomic E-state index is 0.541. The number of rotatable bonds is 5. The summed E-state index contributed by atoms with van der Waals surface area (Å²) in [5, 5.41) is 3.36. The number of aryl methyl sites for hydroxylation is 1. The summed E-state index contributed by atoms with van der Waals surface area (Å²) in [6, 6.07) is 0.541. The van der Waals surface area contributed by atoms with Crippen LogP contribution in [0, 0.1) is 6.92 Å². The van der Waals surface area contributed by atoms with Gasteiger partial charge in [0.1, 0.15) is 5.82 Å². The van der Waals surface area contributed by atoms with Crippen LogP contribution in [0.15, 0.2) is 4.34 Å². The minimum Gasteiger partial charge on any atom is -0.314 e. The third-order valence-electron chi connectivity index (χ3n) is 1.52. The van der Waals surface area contributed by atoms with E-state index in [9.17, 15) is 0 Å². The van der Waals surface area contributed by atoms with E-state index in [1.54, 1.807) is 11.8 Å². The maximum absolute atomic E-state index is 4.29. The predicted molar refractivity (Wildman–Crippen MR) is 58.5 cm³/mol. The van der Waals surface area contributed by atoms with Gasteiger partial charge in [-0.05, 0) is 31.9 Å². The van der Waals surface area contributed by atoms with Gasteiger partial charge in [-0.2, -0.15) is 4.37 Å². The van der Waals surface area contributed by atoms with E-state index in [4.69, 9.17) is 0 Å². The Morgan fingerprint density at radius 1 is 1.62 bits per heavy atom. The quantitative estimate of drug-likeness (QED) is 0.765. The van der Waals surface area contributed by atoms with Crippen molar-refractivity contribution in [1.29, 1.82) is 0 Å². The van der Waals surface area contributed by atoms with Crippen LogP contribution in [0.25, 0.3) is 0 Å². The van der Waals surface area contributed by atoms with E-state index < -0.39 is 0 Å². The first-order valence-corrected chi connectivity index (χ1v) is 6.14. The Morgan fingerprint density at radius 3 is 2.92 bits per heavy atom. The monoisotopic (exact) mass is 217 g/mol. The molecule has 1 unspecified atom stereocenters. The molecule has 74 valence electrons. The second-order valence-electron chi connectivity index (χ2n) is 2.88. The molecule has 0 spiro atoms. The Hall–Kier alpha value is -0.130. The van der Waals surface area contributed by atoms with E-state index in [0.29, 0.717) is 6.04 Å². The van der Waals surface area contributed by atoms with Crippen LogP contribution in [0.1, 0.15) is 19.7 Å². The molecule has 0 aliphatic rings. The third kappa shape index (κ3) is 4.06. The van der Waals surface area contributed by atoms with Gasteiger partial charge in [0.05, 0.1) is 0 Å². The summed E-state index contributed by atoms with van der Waals surface area (Å²) < 4.78 is 5.20. The topological polar surface area (TPSA) is 37.8 Å². The standard InChI is InChI=1S/C8H15N3S2/c1-4-9-6(2)5-12-8-10-7(3)11-13-8/h6,9H,4-5H2,1-3H3. The molecule has 0 aliphatic carbocycles. The van der Waals surface area contributed by atoms with Crippen molar-refractivity contribution in [3.63, 3.8) is 0 Å². The summed E-state index contributed by atoms with van der Waals surface area (Å²) in [4.78, 5) is 4.29. The van der Waals surface area contributed by atoms with Gasteiger partial charge >= 0.3 is 0 Å². The average molecular weight is 217 g/mol. The lowest BCUT2D eigenvalue weighted by atomic mass is 10.4. The van der Waals surface area contributed by atoms with Crippen LogP contribution in [-0.2, 0) is 0 Å². The first-order chi connectivity index (χ1) is 6.22. The lowest BCUT2D eigenvalue weighted by Crippen LogP contribution is -2.27. The molecule has 0 saturated heterocycles. The summed E-state index contributed by atoms with van der Waals surface area (Å²) >= 11 is 3.26. The van der Waals surface area contributed by atoms with E-state index in [-0.39, 0.29) is 0 Å². The zero-order chi connectivity index (χ0) is 9.68. The fourth-order valence-corrected chi connectivity index (χ4v) is 2.60. The molecular formula is C8H15N3S2. The van der Waals surface area contributed by atoms with Gasteiger partial charge in [-0.3, -0.25) is 0 Å². The highest BCUT2D eigenvalue weighted by Crippen LogP contribution is 2.20. The summed E-state index contributed by atoms with van der Waals surface area (Å²) in [6.45, 7) is 7.26. The molecule has 5 heteroatoms. The number of thioether (sulfide) groups is 1. The first-order valence-electron chi connectivity index (χ1n) is 4.39. The Balaban J connectivity index is 2.26. The number of aromatic nitrogens is 2. The Labute approximate surface area is 87.5 Å². The molecule has 0 radical (unpaired) electrons. The van der Waals surface area contributed by atoms with Gasteiger partial charge in [-0.25, -0.2) is 4.98 Å². The summed E-state index contributed by atoms with van der Waals surface area (Å²) in [5.74, 6) is 1.94. The van der Waals surface area contributed by atoms with Crippen molar-refractivity contribution < 1.29 is 0 Å². The molecule has 0 fully saturated rings. The molecule has 3 nitrogen and oxygen atoms in total. The highest BCUT2D eigenvalue weighted by molar-refractivity contribution is 8.00. The molecule has 1 aromatic rings. The van der Waals surface area contributed by atoms with Crippen molar-refractivity contribution >= 4 is 23.3 Å². The van der Waals surface area contributed by atoms with Gasteiger partial charge in [0.25, 0.3) is 0 Å². The maximum atomic E-state index is 4.29. The van der Waals surface area contributed by atoms with Crippen LogP contribution in [-0.4, -0.2) is 27.7 Å². The Morgan fingerprint density at radius 2 is 2.38 bits per heavy atom. The summed E-state index contributed by atoms with van der Waals surface area (Å²) in [7, 11) is 0. The van der Waals surface area contributed by atoms with Crippen molar-refractivity contribution in [3.05, 3.63) is 5.82 Å². The number of nitrogens with zero attached hydrogens (tertiary/aromatic N) is 2. The van der Waals surface area contributed by atoms with E-state index in [1.165, 1.54) is 11.5 Å². The molecule has 1 aromatic heterocycles. The van der Waals surface area contributed by atoms with Crippen LogP contribution >= 0.6 is 23.3 Å². The van der Waals surface area contributed by atoms with Crippen molar-refractivity contribution in [2.24, 2.45) is 0 Å². The summed E-state index contributed by atoms with van der Waals surface area (Å²) in [6.07, 6.45) is 0. The number of hydrogen-bond donors (Lipinski definition) is 1. The van der Waals surface area contributed by atoms with Crippen molar-refractivity contribution in [3.8, 4) is 0 Å². The zero-order valence-electron chi connectivity index (χ0n) is 8.20. The molecule has 13 heavy (non-hydrogen) atoms. The van der Waals surface area contributed by atoms with E-state index in [2.05, 4.69) is 28.5 Å². The number of nitrogens with one attached hydrogen (secondary N) is 1. The second-order valence-corrected chi connectivity index (χ2v) is 4.90. The van der Waals surface area contributed by atoms with Gasteiger partial charge in [0.2, 0.25) is 0 Å². The Kier molecular flexibility index (Phi) is 4.69.